The molecule has 1 aliphatic rings. The monoisotopic (exact) mass is 251 g/mol. The second-order valence-corrected chi connectivity index (χ2v) is 4.76. The average molecular weight is 251 g/mol. The van der Waals surface area contributed by atoms with Gasteiger partial charge in [-0.3, -0.25) is 9.69 Å². The number of benzene rings is 1. The molecule has 1 aromatic carbocycles. The molecule has 0 spiro atoms. The summed E-state index contributed by atoms with van der Waals surface area (Å²) in [5, 5.41) is 3.33. The molecule has 2 rings (SSSR count). The molecule has 1 fully saturated rings. The number of carbonyl (C=O) groups is 1. The molecule has 1 heterocycles. The third-order valence-electron chi connectivity index (χ3n) is 3.18. The summed E-state index contributed by atoms with van der Waals surface area (Å²) < 4.78 is 13.7. The smallest absolute Gasteiger partial charge is 0.248 e. The highest BCUT2D eigenvalue weighted by atomic mass is 19.1. The van der Waals surface area contributed by atoms with Crippen molar-refractivity contribution in [2.24, 2.45) is 5.73 Å². The van der Waals surface area contributed by atoms with Gasteiger partial charge in [-0.1, -0.05) is 0 Å². The zero-order valence-corrected chi connectivity index (χ0v) is 10.4. The standard InChI is InChI=1S/C13H18FN3O/c1-9-7-17(5-4-16-9)8-11-6-10(13(15)18)2-3-12(11)14/h2-3,6,9,16H,4-5,7-8H2,1H3,(H2,15,18)/t9-/m0/s1. The maximum Gasteiger partial charge on any atom is 0.248 e. The second kappa shape index (κ2) is 5.46. The van der Waals surface area contributed by atoms with Crippen LogP contribution < -0.4 is 11.1 Å². The third-order valence-corrected chi connectivity index (χ3v) is 3.18. The number of primary amides is 1. The SMILES string of the molecule is C[C@H]1CN(Cc2cc(C(N)=O)ccc2F)CCN1. The highest BCUT2D eigenvalue weighted by molar-refractivity contribution is 5.92. The third kappa shape index (κ3) is 3.05. The number of nitrogens with two attached hydrogens (primary N) is 1. The van der Waals surface area contributed by atoms with E-state index in [2.05, 4.69) is 17.1 Å². The van der Waals surface area contributed by atoms with Crippen molar-refractivity contribution in [2.45, 2.75) is 19.5 Å². The fourth-order valence-electron chi connectivity index (χ4n) is 2.25. The Morgan fingerprint density at radius 2 is 2.39 bits per heavy atom. The number of nitrogens with one attached hydrogen (secondary N) is 1. The molecule has 18 heavy (non-hydrogen) atoms. The minimum atomic E-state index is -0.523. The Labute approximate surface area is 106 Å². The van der Waals surface area contributed by atoms with Crippen LogP contribution in [0.1, 0.15) is 22.8 Å². The van der Waals surface area contributed by atoms with Crippen molar-refractivity contribution in [3.63, 3.8) is 0 Å². The largest absolute Gasteiger partial charge is 0.366 e. The topological polar surface area (TPSA) is 58.4 Å². The van der Waals surface area contributed by atoms with Crippen LogP contribution in [0.3, 0.4) is 0 Å². The minimum absolute atomic E-state index is 0.286. The van der Waals surface area contributed by atoms with Crippen LogP contribution in [-0.2, 0) is 6.54 Å². The fraction of sp³-hybridized carbons (Fsp3) is 0.462. The van der Waals surface area contributed by atoms with E-state index in [1.807, 2.05) is 0 Å². The molecule has 1 saturated heterocycles. The highest BCUT2D eigenvalue weighted by Crippen LogP contribution is 2.14. The average Bonchev–Trinajstić information content (AvgIpc) is 2.31. The maximum absolute atomic E-state index is 13.7. The van der Waals surface area contributed by atoms with Gasteiger partial charge in [0, 0.05) is 43.3 Å². The first kappa shape index (κ1) is 13.0. The van der Waals surface area contributed by atoms with Crippen molar-refractivity contribution < 1.29 is 9.18 Å². The van der Waals surface area contributed by atoms with Crippen LogP contribution in [0.2, 0.25) is 0 Å². The van der Waals surface area contributed by atoms with Gasteiger partial charge in [0.25, 0.3) is 0 Å². The van der Waals surface area contributed by atoms with Crippen LogP contribution in [0.15, 0.2) is 18.2 Å². The molecule has 5 heteroatoms. The first-order valence-electron chi connectivity index (χ1n) is 6.10. The summed E-state index contributed by atoms with van der Waals surface area (Å²) in [7, 11) is 0. The Kier molecular flexibility index (Phi) is 3.93. The Morgan fingerprint density at radius 3 is 3.06 bits per heavy atom. The minimum Gasteiger partial charge on any atom is -0.366 e. The van der Waals surface area contributed by atoms with Crippen molar-refractivity contribution in [2.75, 3.05) is 19.6 Å². The molecular weight excluding hydrogens is 233 g/mol. The number of halogens is 1. The summed E-state index contributed by atoms with van der Waals surface area (Å²) >= 11 is 0. The van der Waals surface area contributed by atoms with E-state index in [-0.39, 0.29) is 5.82 Å². The number of rotatable bonds is 3. The summed E-state index contributed by atoms with van der Waals surface area (Å²) in [4.78, 5) is 13.3. The van der Waals surface area contributed by atoms with Gasteiger partial charge < -0.3 is 11.1 Å². The van der Waals surface area contributed by atoms with E-state index in [4.69, 9.17) is 5.73 Å². The first-order valence-corrected chi connectivity index (χ1v) is 6.10. The molecule has 98 valence electrons. The molecule has 1 aliphatic heterocycles. The van der Waals surface area contributed by atoms with Crippen molar-refractivity contribution in [3.05, 3.63) is 35.1 Å². The molecule has 3 N–H and O–H groups in total. The van der Waals surface area contributed by atoms with Crippen LogP contribution in [0.25, 0.3) is 0 Å². The lowest BCUT2D eigenvalue weighted by molar-refractivity contribution is 0.1000. The summed E-state index contributed by atoms with van der Waals surface area (Å²) in [6.45, 7) is 5.27. The molecule has 0 saturated carbocycles. The Hall–Kier alpha value is -1.46. The maximum atomic E-state index is 13.7. The molecule has 0 bridgehead atoms. The molecule has 4 nitrogen and oxygen atoms in total. The van der Waals surface area contributed by atoms with Crippen LogP contribution >= 0.6 is 0 Å². The Balaban J connectivity index is 2.12. The fourth-order valence-corrected chi connectivity index (χ4v) is 2.25. The molecule has 1 amide bonds. The molecule has 1 aromatic rings. The van der Waals surface area contributed by atoms with E-state index in [1.165, 1.54) is 12.1 Å². The van der Waals surface area contributed by atoms with Gasteiger partial charge in [0.1, 0.15) is 5.82 Å². The van der Waals surface area contributed by atoms with Crippen LogP contribution in [0.4, 0.5) is 4.39 Å². The van der Waals surface area contributed by atoms with Gasteiger partial charge >= 0.3 is 0 Å². The van der Waals surface area contributed by atoms with E-state index in [0.29, 0.717) is 23.7 Å². The Morgan fingerprint density at radius 1 is 1.61 bits per heavy atom. The number of carbonyl (C=O) groups excluding carboxylic acids is 1. The van der Waals surface area contributed by atoms with E-state index >= 15 is 0 Å². The molecule has 0 aliphatic carbocycles. The number of amides is 1. The van der Waals surface area contributed by atoms with E-state index in [1.54, 1.807) is 6.07 Å². The first-order chi connectivity index (χ1) is 8.56. The zero-order chi connectivity index (χ0) is 13.1. The molecule has 0 radical (unpaired) electrons. The predicted molar refractivity (Wildman–Crippen MR) is 67.7 cm³/mol. The van der Waals surface area contributed by atoms with Crippen molar-refractivity contribution in [1.29, 1.82) is 0 Å². The van der Waals surface area contributed by atoms with Gasteiger partial charge in [-0.15, -0.1) is 0 Å². The number of hydrogen-bond acceptors (Lipinski definition) is 3. The van der Waals surface area contributed by atoms with Crippen LogP contribution in [-0.4, -0.2) is 36.5 Å². The van der Waals surface area contributed by atoms with Crippen molar-refractivity contribution in [3.8, 4) is 0 Å². The molecule has 1 atom stereocenters. The normalized spacial score (nSPS) is 20.9. The van der Waals surface area contributed by atoms with Crippen molar-refractivity contribution >= 4 is 5.91 Å². The highest BCUT2D eigenvalue weighted by Gasteiger charge is 2.17. The number of nitrogens with zero attached hydrogens (tertiary/aromatic N) is 1. The van der Waals surface area contributed by atoms with E-state index in [0.717, 1.165) is 19.6 Å². The van der Waals surface area contributed by atoms with E-state index in [9.17, 15) is 9.18 Å². The number of piperazine rings is 1. The molecule has 0 unspecified atom stereocenters. The van der Waals surface area contributed by atoms with Gasteiger partial charge in [-0.05, 0) is 25.1 Å². The van der Waals surface area contributed by atoms with Gasteiger partial charge in [-0.2, -0.15) is 0 Å². The van der Waals surface area contributed by atoms with Gasteiger partial charge in [-0.25, -0.2) is 4.39 Å². The zero-order valence-electron chi connectivity index (χ0n) is 10.4. The summed E-state index contributed by atoms with van der Waals surface area (Å²) in [5.41, 5.74) is 6.09. The number of hydrogen-bond donors (Lipinski definition) is 2. The summed E-state index contributed by atoms with van der Waals surface area (Å²) in [6, 6.07) is 4.67. The lowest BCUT2D eigenvalue weighted by Gasteiger charge is -2.31. The Bertz CT molecular complexity index is 450. The predicted octanol–water partition coefficient (Wildman–Crippen LogP) is 0.718. The van der Waals surface area contributed by atoms with E-state index < -0.39 is 5.91 Å². The van der Waals surface area contributed by atoms with Crippen LogP contribution in [0.5, 0.6) is 0 Å². The quantitative estimate of drug-likeness (QED) is 0.832. The van der Waals surface area contributed by atoms with Gasteiger partial charge in [0.2, 0.25) is 5.91 Å². The molecular formula is C13H18FN3O. The lowest BCUT2D eigenvalue weighted by Crippen LogP contribution is -2.48. The second-order valence-electron chi connectivity index (χ2n) is 4.76. The van der Waals surface area contributed by atoms with Crippen molar-refractivity contribution in [1.82, 2.24) is 10.2 Å². The lowest BCUT2D eigenvalue weighted by atomic mass is 10.1. The molecule has 0 aromatic heterocycles. The van der Waals surface area contributed by atoms with Crippen LogP contribution in [0, 0.1) is 5.82 Å². The van der Waals surface area contributed by atoms with Gasteiger partial charge in [0.15, 0.2) is 0 Å². The summed E-state index contributed by atoms with van der Waals surface area (Å²) in [6.07, 6.45) is 0. The summed E-state index contributed by atoms with van der Waals surface area (Å²) in [5.74, 6) is -0.809. The van der Waals surface area contributed by atoms with Gasteiger partial charge in [0.05, 0.1) is 0 Å².